The molecule has 24 heavy (non-hydrogen) atoms. The normalized spacial score (nSPS) is 15.2. The van der Waals surface area contributed by atoms with E-state index in [4.69, 9.17) is 5.11 Å². The molecule has 130 valence electrons. The summed E-state index contributed by atoms with van der Waals surface area (Å²) < 4.78 is 0. The van der Waals surface area contributed by atoms with Gasteiger partial charge in [-0.2, -0.15) is 0 Å². The average molecular weight is 333 g/mol. The molecule has 3 amide bonds. The van der Waals surface area contributed by atoms with Crippen LogP contribution in [0.2, 0.25) is 0 Å². The summed E-state index contributed by atoms with van der Waals surface area (Å²) in [6.45, 7) is 2.77. The molecule has 1 unspecified atom stereocenters. The minimum atomic E-state index is -0.935. The number of carboxylic acid groups (broad SMARTS) is 1. The van der Waals surface area contributed by atoms with Crippen LogP contribution in [0, 0.1) is 0 Å². The van der Waals surface area contributed by atoms with Crippen LogP contribution in [-0.2, 0) is 9.59 Å². The van der Waals surface area contributed by atoms with E-state index in [1.54, 1.807) is 11.9 Å². The fourth-order valence-corrected chi connectivity index (χ4v) is 2.61. The molecule has 7 nitrogen and oxygen atoms in total. The van der Waals surface area contributed by atoms with Crippen LogP contribution < -0.4 is 10.2 Å². The Hall–Kier alpha value is -2.57. The fourth-order valence-electron chi connectivity index (χ4n) is 2.61. The largest absolute Gasteiger partial charge is 0.481 e. The third-order valence-electron chi connectivity index (χ3n) is 4.13. The molecule has 2 rings (SSSR count). The monoisotopic (exact) mass is 333 g/mol. The van der Waals surface area contributed by atoms with Gasteiger partial charge in [0.25, 0.3) is 0 Å². The first-order valence-corrected chi connectivity index (χ1v) is 8.02. The van der Waals surface area contributed by atoms with Gasteiger partial charge in [0, 0.05) is 32.2 Å². The maximum absolute atomic E-state index is 12.0. The topological polar surface area (TPSA) is 89.9 Å². The highest BCUT2D eigenvalue weighted by Crippen LogP contribution is 2.23. The lowest BCUT2D eigenvalue weighted by Gasteiger charge is -2.22. The summed E-state index contributed by atoms with van der Waals surface area (Å²) in [7, 11) is 1.56. The maximum atomic E-state index is 12.0. The van der Waals surface area contributed by atoms with Crippen molar-refractivity contribution in [1.29, 1.82) is 0 Å². The third-order valence-corrected chi connectivity index (χ3v) is 4.13. The summed E-state index contributed by atoms with van der Waals surface area (Å²) in [6.07, 6.45) is 1.39. The summed E-state index contributed by atoms with van der Waals surface area (Å²) in [5.41, 5.74) is 1.80. The number of carbonyl (C=O) groups excluding carboxylic acids is 2. The number of carbonyl (C=O) groups is 3. The van der Waals surface area contributed by atoms with Crippen molar-refractivity contribution in [3.05, 3.63) is 29.8 Å². The Labute approximate surface area is 141 Å². The molecule has 7 heteroatoms. The minimum absolute atomic E-state index is 0.0864. The zero-order valence-corrected chi connectivity index (χ0v) is 14.0. The van der Waals surface area contributed by atoms with Gasteiger partial charge in [-0.05, 0) is 31.0 Å². The van der Waals surface area contributed by atoms with Gasteiger partial charge in [0.1, 0.15) is 0 Å². The SMILES string of the molecule is CC(NC(=O)N(C)CCC(=O)O)c1ccc(N2CCCC2=O)cc1. The first-order chi connectivity index (χ1) is 11.4. The Bertz CT molecular complexity index is 615. The van der Waals surface area contributed by atoms with Crippen LogP contribution in [0.25, 0.3) is 0 Å². The van der Waals surface area contributed by atoms with E-state index in [2.05, 4.69) is 5.32 Å². The van der Waals surface area contributed by atoms with Crippen molar-refractivity contribution in [2.45, 2.75) is 32.2 Å². The van der Waals surface area contributed by atoms with Crippen LogP contribution in [0.3, 0.4) is 0 Å². The number of carboxylic acids is 1. The van der Waals surface area contributed by atoms with E-state index in [0.29, 0.717) is 6.42 Å². The zero-order chi connectivity index (χ0) is 17.7. The number of hydrogen-bond acceptors (Lipinski definition) is 3. The van der Waals surface area contributed by atoms with E-state index in [1.165, 1.54) is 4.90 Å². The van der Waals surface area contributed by atoms with Crippen molar-refractivity contribution >= 4 is 23.6 Å². The second kappa shape index (κ2) is 7.81. The second-order valence-corrected chi connectivity index (χ2v) is 5.98. The van der Waals surface area contributed by atoms with Crippen LogP contribution in [0.5, 0.6) is 0 Å². The molecule has 0 saturated carbocycles. The average Bonchev–Trinajstić information content (AvgIpc) is 2.98. The van der Waals surface area contributed by atoms with E-state index >= 15 is 0 Å². The van der Waals surface area contributed by atoms with E-state index < -0.39 is 5.97 Å². The van der Waals surface area contributed by atoms with Gasteiger partial charge in [0.2, 0.25) is 5.91 Å². The van der Waals surface area contributed by atoms with Crippen LogP contribution >= 0.6 is 0 Å². The standard InChI is InChI=1S/C17H23N3O4/c1-12(18-17(24)19(2)11-9-16(22)23)13-5-7-14(8-6-13)20-10-3-4-15(20)21/h5-8,12H,3-4,9-11H2,1-2H3,(H,18,24)(H,22,23). The molecular formula is C17H23N3O4. The highest BCUT2D eigenvalue weighted by atomic mass is 16.4. The number of hydrogen-bond donors (Lipinski definition) is 2. The zero-order valence-electron chi connectivity index (χ0n) is 14.0. The van der Waals surface area contributed by atoms with Crippen LogP contribution in [0.4, 0.5) is 10.5 Å². The smallest absolute Gasteiger partial charge is 0.317 e. The first-order valence-electron chi connectivity index (χ1n) is 8.02. The lowest BCUT2D eigenvalue weighted by Crippen LogP contribution is -2.39. The minimum Gasteiger partial charge on any atom is -0.481 e. The van der Waals surface area contributed by atoms with Gasteiger partial charge in [-0.3, -0.25) is 9.59 Å². The van der Waals surface area contributed by atoms with Crippen molar-refractivity contribution in [2.75, 3.05) is 25.0 Å². The molecule has 0 radical (unpaired) electrons. The number of urea groups is 1. The van der Waals surface area contributed by atoms with E-state index in [0.717, 1.165) is 24.2 Å². The number of aliphatic carboxylic acids is 1. The predicted octanol–water partition coefficient (Wildman–Crippen LogP) is 1.99. The molecule has 1 atom stereocenters. The lowest BCUT2D eigenvalue weighted by atomic mass is 10.1. The summed E-state index contributed by atoms with van der Waals surface area (Å²) in [6, 6.07) is 7.02. The highest BCUT2D eigenvalue weighted by molar-refractivity contribution is 5.95. The Morgan fingerprint density at radius 1 is 1.33 bits per heavy atom. The van der Waals surface area contributed by atoms with Crippen molar-refractivity contribution in [3.63, 3.8) is 0 Å². The number of benzene rings is 1. The third kappa shape index (κ3) is 4.47. The molecule has 1 aliphatic rings. The van der Waals surface area contributed by atoms with Gasteiger partial charge in [-0.25, -0.2) is 4.79 Å². The molecule has 2 N–H and O–H groups in total. The van der Waals surface area contributed by atoms with E-state index in [9.17, 15) is 14.4 Å². The quantitative estimate of drug-likeness (QED) is 0.833. The summed E-state index contributed by atoms with van der Waals surface area (Å²) >= 11 is 0. The molecule has 1 aromatic rings. The molecule has 0 bridgehead atoms. The highest BCUT2D eigenvalue weighted by Gasteiger charge is 2.21. The fraction of sp³-hybridized carbons (Fsp3) is 0.471. The van der Waals surface area contributed by atoms with Gasteiger partial charge in [-0.15, -0.1) is 0 Å². The summed E-state index contributed by atoms with van der Waals surface area (Å²) in [5, 5.41) is 11.5. The van der Waals surface area contributed by atoms with Gasteiger partial charge in [-0.1, -0.05) is 12.1 Å². The Morgan fingerprint density at radius 3 is 2.54 bits per heavy atom. The van der Waals surface area contributed by atoms with E-state index in [-0.39, 0.29) is 30.9 Å². The molecule has 1 aromatic carbocycles. The van der Waals surface area contributed by atoms with Crippen molar-refractivity contribution in [3.8, 4) is 0 Å². The summed E-state index contributed by atoms with van der Waals surface area (Å²) in [5.74, 6) is -0.793. The molecule has 1 heterocycles. The number of nitrogens with zero attached hydrogens (tertiary/aromatic N) is 2. The van der Waals surface area contributed by atoms with Crippen LogP contribution in [0.15, 0.2) is 24.3 Å². The molecule has 0 aliphatic carbocycles. The number of nitrogens with one attached hydrogen (secondary N) is 1. The van der Waals surface area contributed by atoms with Crippen LogP contribution in [0.1, 0.15) is 37.8 Å². The molecule has 0 aromatic heterocycles. The van der Waals surface area contributed by atoms with Gasteiger partial charge >= 0.3 is 12.0 Å². The van der Waals surface area contributed by atoms with Gasteiger partial charge in [0.05, 0.1) is 12.5 Å². The molecule has 1 fully saturated rings. The maximum Gasteiger partial charge on any atom is 0.317 e. The number of amides is 3. The van der Waals surface area contributed by atoms with Crippen molar-refractivity contribution < 1.29 is 19.5 Å². The molecule has 1 saturated heterocycles. The summed E-state index contributed by atoms with van der Waals surface area (Å²) in [4.78, 5) is 37.4. The lowest BCUT2D eigenvalue weighted by molar-refractivity contribution is -0.137. The molecule has 1 aliphatic heterocycles. The van der Waals surface area contributed by atoms with Crippen LogP contribution in [-0.4, -0.2) is 48.1 Å². The second-order valence-electron chi connectivity index (χ2n) is 5.98. The van der Waals surface area contributed by atoms with Gasteiger partial charge in [0.15, 0.2) is 0 Å². The molecular weight excluding hydrogens is 310 g/mol. The number of rotatable bonds is 6. The van der Waals surface area contributed by atoms with E-state index in [1.807, 2.05) is 31.2 Å². The predicted molar refractivity (Wildman–Crippen MR) is 89.9 cm³/mol. The number of anilines is 1. The first kappa shape index (κ1) is 17.8. The Morgan fingerprint density at radius 2 is 2.00 bits per heavy atom. The van der Waals surface area contributed by atoms with Gasteiger partial charge < -0.3 is 20.2 Å². The molecule has 0 spiro atoms. The Kier molecular flexibility index (Phi) is 5.78. The Balaban J connectivity index is 1.92. The van der Waals surface area contributed by atoms with Crippen molar-refractivity contribution in [2.24, 2.45) is 0 Å². The van der Waals surface area contributed by atoms with Crippen molar-refractivity contribution in [1.82, 2.24) is 10.2 Å².